The molecule has 0 saturated heterocycles. The number of ether oxygens (including phenoxy) is 1. The predicted octanol–water partition coefficient (Wildman–Crippen LogP) is 3.78. The Bertz CT molecular complexity index is 363. The van der Waals surface area contributed by atoms with Gasteiger partial charge in [0.2, 0.25) is 0 Å². The molecule has 0 N–H and O–H groups in total. The minimum Gasteiger partial charge on any atom is -0.493 e. The average Bonchev–Trinajstić information content (AvgIpc) is 2.23. The van der Waals surface area contributed by atoms with Crippen LogP contribution in [0.3, 0.4) is 0 Å². The summed E-state index contributed by atoms with van der Waals surface area (Å²) >= 11 is 4.45. The summed E-state index contributed by atoms with van der Waals surface area (Å²) in [5, 5.41) is 0. The van der Waals surface area contributed by atoms with Crippen molar-refractivity contribution < 1.29 is 4.74 Å². The van der Waals surface area contributed by atoms with Crippen LogP contribution in [-0.4, -0.2) is 12.4 Å². The first-order valence-electron chi connectivity index (χ1n) is 5.97. The van der Waals surface area contributed by atoms with E-state index >= 15 is 0 Å². The largest absolute Gasteiger partial charge is 0.493 e. The van der Waals surface area contributed by atoms with Crippen molar-refractivity contribution in [2.45, 2.75) is 33.1 Å². The van der Waals surface area contributed by atoms with Crippen LogP contribution in [0, 0.1) is 19.3 Å². The molecule has 0 atom stereocenters. The van der Waals surface area contributed by atoms with Crippen LogP contribution < -0.4 is 4.74 Å². The van der Waals surface area contributed by atoms with Crippen LogP contribution in [0.1, 0.15) is 30.4 Å². The third kappa shape index (κ3) is 2.22. The van der Waals surface area contributed by atoms with E-state index in [4.69, 9.17) is 4.74 Å². The number of aryl methyl sites for hydroxylation is 1. The summed E-state index contributed by atoms with van der Waals surface area (Å²) in [6, 6.07) is 6.25. The van der Waals surface area contributed by atoms with Gasteiger partial charge in [-0.1, -0.05) is 18.6 Å². The van der Waals surface area contributed by atoms with E-state index in [0.29, 0.717) is 5.41 Å². The maximum absolute atomic E-state index is 5.97. The van der Waals surface area contributed by atoms with Gasteiger partial charge in [-0.15, -0.1) is 0 Å². The first-order chi connectivity index (χ1) is 7.67. The minimum absolute atomic E-state index is 0.347. The Balaban J connectivity index is 2.02. The highest BCUT2D eigenvalue weighted by molar-refractivity contribution is 7.80. The van der Waals surface area contributed by atoms with E-state index in [1.54, 1.807) is 0 Å². The normalized spacial score (nSPS) is 17.9. The Morgan fingerprint density at radius 1 is 1.31 bits per heavy atom. The van der Waals surface area contributed by atoms with Gasteiger partial charge < -0.3 is 4.74 Å². The Morgan fingerprint density at radius 3 is 2.62 bits per heavy atom. The van der Waals surface area contributed by atoms with Gasteiger partial charge in [-0.25, -0.2) is 0 Å². The molecule has 0 spiro atoms. The highest BCUT2D eigenvalue weighted by Gasteiger charge is 2.36. The second-order valence-electron chi connectivity index (χ2n) is 5.00. The van der Waals surface area contributed by atoms with Gasteiger partial charge >= 0.3 is 0 Å². The van der Waals surface area contributed by atoms with E-state index in [9.17, 15) is 0 Å². The molecule has 2 rings (SSSR count). The number of benzene rings is 1. The van der Waals surface area contributed by atoms with Crippen molar-refractivity contribution in [1.29, 1.82) is 0 Å². The van der Waals surface area contributed by atoms with Crippen molar-refractivity contribution in [2.75, 3.05) is 12.4 Å². The zero-order valence-electron chi connectivity index (χ0n) is 10.1. The quantitative estimate of drug-likeness (QED) is 0.783. The van der Waals surface area contributed by atoms with E-state index in [1.165, 1.54) is 30.4 Å². The third-order valence-corrected chi connectivity index (χ3v) is 4.51. The molecule has 88 valence electrons. The molecule has 1 aliphatic carbocycles. The molecule has 1 saturated carbocycles. The predicted molar refractivity (Wildman–Crippen MR) is 71.5 cm³/mol. The molecular weight excluding hydrogens is 216 g/mol. The molecule has 16 heavy (non-hydrogen) atoms. The molecule has 1 nitrogen and oxygen atoms in total. The van der Waals surface area contributed by atoms with Crippen molar-refractivity contribution in [3.63, 3.8) is 0 Å². The van der Waals surface area contributed by atoms with E-state index in [0.717, 1.165) is 18.1 Å². The van der Waals surface area contributed by atoms with Crippen LogP contribution in [-0.2, 0) is 0 Å². The smallest absolute Gasteiger partial charge is 0.122 e. The zero-order valence-corrected chi connectivity index (χ0v) is 11.0. The lowest BCUT2D eigenvalue weighted by atomic mass is 9.71. The summed E-state index contributed by atoms with van der Waals surface area (Å²) < 4.78 is 5.97. The third-order valence-electron chi connectivity index (χ3n) is 3.84. The second kappa shape index (κ2) is 4.70. The van der Waals surface area contributed by atoms with E-state index in [-0.39, 0.29) is 0 Å². The summed E-state index contributed by atoms with van der Waals surface area (Å²) in [5.74, 6) is 1.98. The maximum atomic E-state index is 5.97. The van der Waals surface area contributed by atoms with Crippen LogP contribution in [0.4, 0.5) is 0 Å². The van der Waals surface area contributed by atoms with Gasteiger partial charge in [0.15, 0.2) is 0 Å². The number of hydrogen-bond donors (Lipinski definition) is 1. The van der Waals surface area contributed by atoms with Crippen LogP contribution in [0.15, 0.2) is 18.2 Å². The fraction of sp³-hybridized carbons (Fsp3) is 0.571. The number of hydrogen-bond acceptors (Lipinski definition) is 2. The average molecular weight is 236 g/mol. The monoisotopic (exact) mass is 236 g/mol. The SMILES string of the molecule is Cc1cccc(OCC2(CS)CCC2)c1C. The highest BCUT2D eigenvalue weighted by Crippen LogP contribution is 2.42. The summed E-state index contributed by atoms with van der Waals surface area (Å²) in [7, 11) is 0. The molecule has 0 unspecified atom stereocenters. The summed E-state index contributed by atoms with van der Waals surface area (Å²) in [6.45, 7) is 5.07. The molecule has 1 fully saturated rings. The molecule has 0 aliphatic heterocycles. The molecule has 0 radical (unpaired) electrons. The van der Waals surface area contributed by atoms with E-state index in [1.807, 2.05) is 0 Å². The van der Waals surface area contributed by atoms with E-state index in [2.05, 4.69) is 44.7 Å². The molecule has 1 aromatic rings. The lowest BCUT2D eigenvalue weighted by molar-refractivity contribution is 0.0825. The van der Waals surface area contributed by atoms with Gasteiger partial charge in [-0.05, 0) is 49.6 Å². The van der Waals surface area contributed by atoms with Crippen LogP contribution in [0.2, 0.25) is 0 Å². The van der Waals surface area contributed by atoms with Crippen LogP contribution in [0.5, 0.6) is 5.75 Å². The Morgan fingerprint density at radius 2 is 2.06 bits per heavy atom. The zero-order chi connectivity index (χ0) is 11.6. The minimum atomic E-state index is 0.347. The molecule has 1 aliphatic rings. The van der Waals surface area contributed by atoms with Gasteiger partial charge in [0.25, 0.3) is 0 Å². The molecule has 1 aromatic carbocycles. The topological polar surface area (TPSA) is 9.23 Å². The summed E-state index contributed by atoms with van der Waals surface area (Å²) in [4.78, 5) is 0. The van der Waals surface area contributed by atoms with Gasteiger partial charge in [-0.2, -0.15) is 12.6 Å². The van der Waals surface area contributed by atoms with Crippen molar-refractivity contribution in [3.8, 4) is 5.75 Å². The van der Waals surface area contributed by atoms with Crippen molar-refractivity contribution in [2.24, 2.45) is 5.41 Å². The van der Waals surface area contributed by atoms with Gasteiger partial charge in [0, 0.05) is 5.41 Å². The Labute approximate surface area is 104 Å². The first kappa shape index (κ1) is 11.8. The molecule has 0 aromatic heterocycles. The van der Waals surface area contributed by atoms with Crippen molar-refractivity contribution in [3.05, 3.63) is 29.3 Å². The van der Waals surface area contributed by atoms with Crippen LogP contribution in [0.25, 0.3) is 0 Å². The lowest BCUT2D eigenvalue weighted by Gasteiger charge is -2.40. The lowest BCUT2D eigenvalue weighted by Crippen LogP contribution is -2.37. The van der Waals surface area contributed by atoms with Crippen LogP contribution >= 0.6 is 12.6 Å². The number of thiol groups is 1. The fourth-order valence-electron chi connectivity index (χ4n) is 2.14. The molecule has 2 heteroatoms. The summed E-state index contributed by atoms with van der Waals surface area (Å²) in [6.07, 6.45) is 3.86. The van der Waals surface area contributed by atoms with Gasteiger partial charge in [-0.3, -0.25) is 0 Å². The van der Waals surface area contributed by atoms with Gasteiger partial charge in [0.1, 0.15) is 5.75 Å². The summed E-state index contributed by atoms with van der Waals surface area (Å²) in [5.41, 5.74) is 2.90. The Hall–Kier alpha value is -0.630. The first-order valence-corrected chi connectivity index (χ1v) is 6.60. The van der Waals surface area contributed by atoms with Crippen molar-refractivity contribution >= 4 is 12.6 Å². The standard InChI is InChI=1S/C14H20OS/c1-11-5-3-6-13(12(11)2)15-9-14(10-16)7-4-8-14/h3,5-6,16H,4,7-10H2,1-2H3. The number of rotatable bonds is 4. The molecule has 0 bridgehead atoms. The second-order valence-corrected chi connectivity index (χ2v) is 5.31. The highest BCUT2D eigenvalue weighted by atomic mass is 32.1. The molecular formula is C14H20OS. The molecule has 0 heterocycles. The van der Waals surface area contributed by atoms with Gasteiger partial charge in [0.05, 0.1) is 6.61 Å². The maximum Gasteiger partial charge on any atom is 0.122 e. The van der Waals surface area contributed by atoms with Crippen molar-refractivity contribution in [1.82, 2.24) is 0 Å². The molecule has 0 amide bonds. The fourth-order valence-corrected chi connectivity index (χ4v) is 2.54. The Kier molecular flexibility index (Phi) is 3.48. The van der Waals surface area contributed by atoms with E-state index < -0.39 is 0 Å².